The molecule has 1 rings (SSSR count). The summed E-state index contributed by atoms with van der Waals surface area (Å²) >= 11 is 3.35. The molecule has 1 aromatic carbocycles. The summed E-state index contributed by atoms with van der Waals surface area (Å²) in [6, 6.07) is 3.37. The Kier molecular flexibility index (Phi) is 7.22. The van der Waals surface area contributed by atoms with Crippen molar-refractivity contribution in [2.24, 2.45) is 0 Å². The summed E-state index contributed by atoms with van der Waals surface area (Å²) < 4.78 is 15.7. The van der Waals surface area contributed by atoms with E-state index in [1.165, 1.54) is 20.6 Å². The van der Waals surface area contributed by atoms with E-state index in [4.69, 9.17) is 14.2 Å². The number of esters is 2. The van der Waals surface area contributed by atoms with Crippen LogP contribution in [0, 0.1) is 6.42 Å². The number of hydrogen-bond donors (Lipinski definition) is 0. The van der Waals surface area contributed by atoms with Crippen LogP contribution in [0.3, 0.4) is 0 Å². The van der Waals surface area contributed by atoms with Crippen LogP contribution < -0.4 is 9.47 Å². The number of halogens is 1. The van der Waals surface area contributed by atoms with Gasteiger partial charge in [0, 0.05) is 4.47 Å². The molecule has 1 aromatic rings. The first kappa shape index (κ1) is 17.5. The van der Waals surface area contributed by atoms with Gasteiger partial charge in [0.2, 0.25) is 0 Å². The first-order chi connectivity index (χ1) is 10.0. The molecule has 0 aliphatic carbocycles. The third-order valence-electron chi connectivity index (χ3n) is 2.70. The Morgan fingerprint density at radius 1 is 1.19 bits per heavy atom. The second-order valence-electron chi connectivity index (χ2n) is 4.26. The van der Waals surface area contributed by atoms with Crippen molar-refractivity contribution in [3.63, 3.8) is 0 Å². The summed E-state index contributed by atoms with van der Waals surface area (Å²) in [6.07, 6.45) is 2.74. The first-order valence-corrected chi connectivity index (χ1v) is 7.29. The number of hydrogen-bond acceptors (Lipinski definition) is 5. The van der Waals surface area contributed by atoms with E-state index in [-0.39, 0.29) is 6.42 Å². The van der Waals surface area contributed by atoms with Crippen LogP contribution in [-0.2, 0) is 20.7 Å². The van der Waals surface area contributed by atoms with Crippen molar-refractivity contribution in [2.75, 3.05) is 14.2 Å². The minimum absolute atomic E-state index is 0.0351. The Morgan fingerprint density at radius 2 is 1.81 bits per heavy atom. The van der Waals surface area contributed by atoms with E-state index >= 15 is 0 Å². The van der Waals surface area contributed by atoms with Crippen LogP contribution in [0.25, 0.3) is 0 Å². The molecular formula is C15H18BrO5. The lowest BCUT2D eigenvalue weighted by Crippen LogP contribution is -2.15. The van der Waals surface area contributed by atoms with Gasteiger partial charge in [-0.2, -0.15) is 0 Å². The molecular weight excluding hydrogens is 340 g/mol. The minimum Gasteiger partial charge on any atom is -0.493 e. The van der Waals surface area contributed by atoms with Crippen LogP contribution in [0.2, 0.25) is 0 Å². The second kappa shape index (κ2) is 8.67. The molecule has 0 aliphatic heterocycles. The van der Waals surface area contributed by atoms with E-state index in [1.807, 2.05) is 6.92 Å². The standard InChI is InChI=1S/C15H18BrO5/c1-4-5-6-14(17)21-15(18)8-10-7-12(19-2)13(20-3)9-11(10)16/h6-7,9H,4-5,8H2,1-3H3. The predicted octanol–water partition coefficient (Wildman–Crippen LogP) is 3.08. The molecule has 0 heterocycles. The fourth-order valence-corrected chi connectivity index (χ4v) is 2.10. The van der Waals surface area contributed by atoms with Crippen LogP contribution in [0.5, 0.6) is 11.5 Å². The molecule has 0 atom stereocenters. The monoisotopic (exact) mass is 357 g/mol. The largest absolute Gasteiger partial charge is 0.493 e. The summed E-state index contributed by atoms with van der Waals surface area (Å²) in [6.45, 7) is 1.94. The van der Waals surface area contributed by atoms with Crippen LogP contribution in [0.15, 0.2) is 16.6 Å². The molecule has 0 saturated carbocycles. The predicted molar refractivity (Wildman–Crippen MR) is 81.3 cm³/mol. The van der Waals surface area contributed by atoms with Gasteiger partial charge in [0.25, 0.3) is 0 Å². The van der Waals surface area contributed by atoms with E-state index < -0.39 is 11.9 Å². The van der Waals surface area contributed by atoms with Crippen molar-refractivity contribution in [1.29, 1.82) is 0 Å². The van der Waals surface area contributed by atoms with Gasteiger partial charge in [-0.05, 0) is 24.1 Å². The molecule has 1 radical (unpaired) electrons. The Hall–Kier alpha value is -1.56. The fourth-order valence-electron chi connectivity index (χ4n) is 1.64. The van der Waals surface area contributed by atoms with Crippen molar-refractivity contribution >= 4 is 27.9 Å². The molecule has 0 aromatic heterocycles. The van der Waals surface area contributed by atoms with Crippen molar-refractivity contribution in [1.82, 2.24) is 0 Å². The maximum atomic E-state index is 11.7. The molecule has 0 aliphatic rings. The van der Waals surface area contributed by atoms with Gasteiger partial charge in [0.15, 0.2) is 11.5 Å². The topological polar surface area (TPSA) is 61.8 Å². The lowest BCUT2D eigenvalue weighted by atomic mass is 10.1. The summed E-state index contributed by atoms with van der Waals surface area (Å²) in [5.41, 5.74) is 0.654. The van der Waals surface area contributed by atoms with E-state index in [9.17, 15) is 9.59 Å². The highest BCUT2D eigenvalue weighted by molar-refractivity contribution is 9.10. The quantitative estimate of drug-likeness (QED) is 0.554. The number of carbonyl (C=O) groups excluding carboxylic acids is 2. The molecule has 5 nitrogen and oxygen atoms in total. The Balaban J connectivity index is 2.74. The first-order valence-electron chi connectivity index (χ1n) is 6.50. The summed E-state index contributed by atoms with van der Waals surface area (Å²) in [5.74, 6) is -0.167. The number of benzene rings is 1. The molecule has 0 bridgehead atoms. The smallest absolute Gasteiger partial charge is 0.317 e. The van der Waals surface area contributed by atoms with Gasteiger partial charge in [0.05, 0.1) is 27.1 Å². The highest BCUT2D eigenvalue weighted by Gasteiger charge is 2.16. The lowest BCUT2D eigenvalue weighted by molar-refractivity contribution is -0.156. The van der Waals surface area contributed by atoms with Gasteiger partial charge in [-0.3, -0.25) is 9.59 Å². The normalized spacial score (nSPS) is 10.1. The molecule has 0 N–H and O–H groups in total. The Bertz CT molecular complexity index is 513. The zero-order chi connectivity index (χ0) is 15.8. The van der Waals surface area contributed by atoms with E-state index in [0.717, 1.165) is 6.42 Å². The Morgan fingerprint density at radius 3 is 2.38 bits per heavy atom. The fraction of sp³-hybridized carbons (Fsp3) is 0.400. The Labute approximate surface area is 132 Å². The number of carbonyl (C=O) groups is 2. The SMILES string of the molecule is CCC[CH]C(=O)OC(=O)Cc1cc(OC)c(OC)cc1Br. The molecule has 21 heavy (non-hydrogen) atoms. The van der Waals surface area contributed by atoms with Crippen molar-refractivity contribution < 1.29 is 23.8 Å². The van der Waals surface area contributed by atoms with Crippen LogP contribution >= 0.6 is 15.9 Å². The molecule has 0 fully saturated rings. The maximum absolute atomic E-state index is 11.7. The molecule has 115 valence electrons. The highest BCUT2D eigenvalue weighted by atomic mass is 79.9. The number of methoxy groups -OCH3 is 2. The highest BCUT2D eigenvalue weighted by Crippen LogP contribution is 2.33. The molecule has 0 unspecified atom stereocenters. The van der Waals surface area contributed by atoms with Crippen LogP contribution in [0.4, 0.5) is 0 Å². The van der Waals surface area contributed by atoms with E-state index in [1.54, 1.807) is 12.1 Å². The van der Waals surface area contributed by atoms with Crippen molar-refractivity contribution in [3.05, 3.63) is 28.6 Å². The van der Waals surface area contributed by atoms with E-state index in [2.05, 4.69) is 15.9 Å². The third-order valence-corrected chi connectivity index (χ3v) is 3.44. The molecule has 0 saturated heterocycles. The van der Waals surface area contributed by atoms with Gasteiger partial charge in [-0.25, -0.2) is 0 Å². The summed E-state index contributed by atoms with van der Waals surface area (Å²) in [7, 11) is 3.04. The van der Waals surface area contributed by atoms with Gasteiger partial charge >= 0.3 is 11.9 Å². The van der Waals surface area contributed by atoms with Gasteiger partial charge in [0.1, 0.15) is 0 Å². The molecule has 0 amide bonds. The number of ether oxygens (including phenoxy) is 3. The third kappa shape index (κ3) is 5.38. The number of unbranched alkanes of at least 4 members (excludes halogenated alkanes) is 1. The second-order valence-corrected chi connectivity index (χ2v) is 5.12. The zero-order valence-electron chi connectivity index (χ0n) is 12.3. The zero-order valence-corrected chi connectivity index (χ0v) is 13.9. The average molecular weight is 358 g/mol. The summed E-state index contributed by atoms with van der Waals surface area (Å²) in [4.78, 5) is 23.1. The van der Waals surface area contributed by atoms with Gasteiger partial charge in [-0.1, -0.05) is 29.3 Å². The molecule has 0 spiro atoms. The van der Waals surface area contributed by atoms with Crippen molar-refractivity contribution in [2.45, 2.75) is 26.2 Å². The average Bonchev–Trinajstić information content (AvgIpc) is 2.46. The lowest BCUT2D eigenvalue weighted by Gasteiger charge is -2.11. The van der Waals surface area contributed by atoms with Gasteiger partial charge in [-0.15, -0.1) is 0 Å². The van der Waals surface area contributed by atoms with Crippen LogP contribution in [0.1, 0.15) is 25.3 Å². The van der Waals surface area contributed by atoms with Crippen LogP contribution in [-0.4, -0.2) is 26.2 Å². The summed E-state index contributed by atoms with van der Waals surface area (Å²) in [5, 5.41) is 0. The molecule has 6 heteroatoms. The number of rotatable bonds is 7. The van der Waals surface area contributed by atoms with E-state index in [0.29, 0.717) is 28.0 Å². The van der Waals surface area contributed by atoms with Crippen molar-refractivity contribution in [3.8, 4) is 11.5 Å². The van der Waals surface area contributed by atoms with Gasteiger partial charge < -0.3 is 14.2 Å². The minimum atomic E-state index is -0.613. The maximum Gasteiger partial charge on any atom is 0.317 e.